The van der Waals surface area contributed by atoms with E-state index in [4.69, 9.17) is 4.74 Å². The molecule has 2 heterocycles. The Morgan fingerprint density at radius 2 is 1.62 bits per heavy atom. The lowest BCUT2D eigenvalue weighted by Gasteiger charge is -2.11. The normalized spacial score (nSPS) is 11.1. The summed E-state index contributed by atoms with van der Waals surface area (Å²) in [6, 6.07) is 16.6. The van der Waals surface area contributed by atoms with Crippen LogP contribution in [0.2, 0.25) is 0 Å². The maximum Gasteiger partial charge on any atom is 0.338 e. The highest BCUT2D eigenvalue weighted by Crippen LogP contribution is 2.30. The van der Waals surface area contributed by atoms with Crippen LogP contribution in [0.25, 0.3) is 27.8 Å². The SMILES string of the molecule is CCCCOC(=O)c1ccc(-n2cc3c(c2-c2ccccc2)c(=O)n(C)c(=O)n3C)cc1. The Bertz CT molecular complexity index is 1390. The van der Waals surface area contributed by atoms with Crippen molar-refractivity contribution in [3.8, 4) is 16.9 Å². The first-order chi connectivity index (χ1) is 15.4. The molecule has 0 saturated carbocycles. The number of aromatic nitrogens is 3. The van der Waals surface area contributed by atoms with Crippen LogP contribution in [0.5, 0.6) is 0 Å². The monoisotopic (exact) mass is 431 g/mol. The van der Waals surface area contributed by atoms with E-state index in [1.807, 2.05) is 54.0 Å². The van der Waals surface area contributed by atoms with Crippen LogP contribution in [0.15, 0.2) is 70.4 Å². The van der Waals surface area contributed by atoms with Crippen LogP contribution in [-0.4, -0.2) is 26.3 Å². The Labute approximate surface area is 185 Å². The van der Waals surface area contributed by atoms with Gasteiger partial charge in [-0.3, -0.25) is 13.9 Å². The zero-order valence-electron chi connectivity index (χ0n) is 18.4. The molecule has 4 aromatic rings. The van der Waals surface area contributed by atoms with E-state index in [1.165, 1.54) is 11.6 Å². The van der Waals surface area contributed by atoms with Gasteiger partial charge in [0.1, 0.15) is 0 Å². The Balaban J connectivity index is 1.89. The quantitative estimate of drug-likeness (QED) is 0.345. The highest BCUT2D eigenvalue weighted by atomic mass is 16.5. The van der Waals surface area contributed by atoms with Crippen molar-refractivity contribution >= 4 is 16.9 Å². The summed E-state index contributed by atoms with van der Waals surface area (Å²) < 4.78 is 9.76. The van der Waals surface area contributed by atoms with Gasteiger partial charge in [-0.2, -0.15) is 0 Å². The highest BCUT2D eigenvalue weighted by Gasteiger charge is 2.20. The van der Waals surface area contributed by atoms with E-state index in [1.54, 1.807) is 25.4 Å². The molecule has 2 aromatic carbocycles. The van der Waals surface area contributed by atoms with Crippen LogP contribution in [-0.2, 0) is 18.8 Å². The minimum absolute atomic E-state index is 0.350. The largest absolute Gasteiger partial charge is 0.462 e. The first-order valence-electron chi connectivity index (χ1n) is 10.6. The van der Waals surface area contributed by atoms with Gasteiger partial charge in [0.15, 0.2) is 0 Å². The van der Waals surface area contributed by atoms with Crippen LogP contribution >= 0.6 is 0 Å². The molecule has 0 saturated heterocycles. The number of hydrogen-bond acceptors (Lipinski definition) is 4. The van der Waals surface area contributed by atoms with Gasteiger partial charge in [-0.05, 0) is 36.2 Å². The number of ether oxygens (including phenoxy) is 1. The molecular weight excluding hydrogens is 406 g/mol. The number of hydrogen-bond donors (Lipinski definition) is 0. The molecule has 0 aliphatic carbocycles. The Kier molecular flexibility index (Phi) is 5.81. The number of carbonyl (C=O) groups is 1. The third-order valence-corrected chi connectivity index (χ3v) is 5.60. The van der Waals surface area contributed by atoms with Crippen molar-refractivity contribution in [1.29, 1.82) is 0 Å². The zero-order chi connectivity index (χ0) is 22.8. The number of esters is 1. The van der Waals surface area contributed by atoms with E-state index >= 15 is 0 Å². The molecule has 7 nitrogen and oxygen atoms in total. The lowest BCUT2D eigenvalue weighted by atomic mass is 10.1. The van der Waals surface area contributed by atoms with Crippen molar-refractivity contribution in [3.05, 3.63) is 87.2 Å². The Hall–Kier alpha value is -3.87. The van der Waals surface area contributed by atoms with Crippen molar-refractivity contribution < 1.29 is 9.53 Å². The van der Waals surface area contributed by atoms with Gasteiger partial charge in [0.05, 0.1) is 28.8 Å². The lowest BCUT2D eigenvalue weighted by molar-refractivity contribution is 0.0500. The molecule has 0 unspecified atom stereocenters. The molecule has 0 aliphatic heterocycles. The topological polar surface area (TPSA) is 75.2 Å². The molecule has 0 radical (unpaired) electrons. The number of unbranched alkanes of at least 4 members (excludes halogenated alkanes) is 1. The number of carbonyl (C=O) groups excluding carboxylic acids is 1. The van der Waals surface area contributed by atoms with Crippen LogP contribution in [0.4, 0.5) is 0 Å². The molecule has 32 heavy (non-hydrogen) atoms. The van der Waals surface area contributed by atoms with Gasteiger partial charge in [-0.15, -0.1) is 0 Å². The zero-order valence-corrected chi connectivity index (χ0v) is 18.4. The van der Waals surface area contributed by atoms with E-state index in [-0.39, 0.29) is 17.2 Å². The van der Waals surface area contributed by atoms with Gasteiger partial charge < -0.3 is 9.30 Å². The fraction of sp³-hybridized carbons (Fsp3) is 0.240. The predicted molar refractivity (Wildman–Crippen MR) is 124 cm³/mol. The summed E-state index contributed by atoms with van der Waals surface area (Å²) in [5.41, 5.74) is 2.57. The Morgan fingerprint density at radius 3 is 2.28 bits per heavy atom. The summed E-state index contributed by atoms with van der Waals surface area (Å²) in [6.07, 6.45) is 3.57. The van der Waals surface area contributed by atoms with E-state index < -0.39 is 0 Å². The molecule has 0 spiro atoms. The first kappa shape index (κ1) is 21.4. The van der Waals surface area contributed by atoms with Crippen molar-refractivity contribution in [2.45, 2.75) is 19.8 Å². The summed E-state index contributed by atoms with van der Waals surface area (Å²) in [6.45, 7) is 2.44. The lowest BCUT2D eigenvalue weighted by Crippen LogP contribution is -2.36. The molecule has 7 heteroatoms. The minimum atomic E-state index is -0.385. The first-order valence-corrected chi connectivity index (χ1v) is 10.6. The van der Waals surface area contributed by atoms with Crippen molar-refractivity contribution in [2.75, 3.05) is 6.61 Å². The number of rotatable bonds is 6. The van der Waals surface area contributed by atoms with Gasteiger partial charge in [0.2, 0.25) is 0 Å². The van der Waals surface area contributed by atoms with Gasteiger partial charge >= 0.3 is 11.7 Å². The molecular formula is C25H25N3O4. The summed E-state index contributed by atoms with van der Waals surface area (Å²) in [5.74, 6) is -0.359. The second-order valence-electron chi connectivity index (χ2n) is 7.72. The van der Waals surface area contributed by atoms with Crippen LogP contribution in [0, 0.1) is 0 Å². The van der Waals surface area contributed by atoms with Crippen molar-refractivity contribution in [2.24, 2.45) is 14.1 Å². The van der Waals surface area contributed by atoms with Crippen LogP contribution < -0.4 is 11.2 Å². The second-order valence-corrected chi connectivity index (χ2v) is 7.72. The highest BCUT2D eigenvalue weighted by molar-refractivity contribution is 5.95. The Morgan fingerprint density at radius 1 is 0.938 bits per heavy atom. The molecule has 0 bridgehead atoms. The maximum atomic E-state index is 13.1. The van der Waals surface area contributed by atoms with Gasteiger partial charge in [0, 0.05) is 26.0 Å². The van der Waals surface area contributed by atoms with Crippen LogP contribution in [0.1, 0.15) is 30.1 Å². The van der Waals surface area contributed by atoms with E-state index in [0.717, 1.165) is 28.7 Å². The standard InChI is InChI=1S/C25H25N3O4/c1-4-5-15-32-24(30)18-11-13-19(14-12-18)28-16-20-21(22(28)17-9-7-6-8-10-17)23(29)27(3)25(31)26(20)2/h6-14,16H,4-5,15H2,1-3H3. The average Bonchev–Trinajstić information content (AvgIpc) is 3.23. The van der Waals surface area contributed by atoms with E-state index in [9.17, 15) is 14.4 Å². The fourth-order valence-corrected chi connectivity index (χ4v) is 3.77. The van der Waals surface area contributed by atoms with Crippen LogP contribution in [0.3, 0.4) is 0 Å². The molecule has 0 fully saturated rings. The molecule has 0 N–H and O–H groups in total. The smallest absolute Gasteiger partial charge is 0.338 e. The molecule has 2 aromatic heterocycles. The summed E-state index contributed by atoms with van der Waals surface area (Å²) in [5, 5.41) is 0.462. The third-order valence-electron chi connectivity index (χ3n) is 5.60. The second kappa shape index (κ2) is 8.70. The molecule has 164 valence electrons. The minimum Gasteiger partial charge on any atom is -0.462 e. The molecule has 4 rings (SSSR count). The van der Waals surface area contributed by atoms with Gasteiger partial charge in [-0.1, -0.05) is 43.7 Å². The molecule has 0 aliphatic rings. The summed E-state index contributed by atoms with van der Waals surface area (Å²) >= 11 is 0. The predicted octanol–water partition coefficient (Wildman–Crippen LogP) is 3.65. The number of nitrogens with zero attached hydrogens (tertiary/aromatic N) is 3. The van der Waals surface area contributed by atoms with Crippen molar-refractivity contribution in [1.82, 2.24) is 13.7 Å². The van der Waals surface area contributed by atoms with E-state index in [0.29, 0.717) is 28.8 Å². The maximum absolute atomic E-state index is 13.1. The fourth-order valence-electron chi connectivity index (χ4n) is 3.77. The third kappa shape index (κ3) is 3.66. The number of aryl methyl sites for hydroxylation is 1. The number of fused-ring (bicyclic) bond motifs is 1. The molecule has 0 amide bonds. The molecule has 0 atom stereocenters. The number of benzene rings is 2. The average molecular weight is 431 g/mol. The van der Waals surface area contributed by atoms with Crippen molar-refractivity contribution in [3.63, 3.8) is 0 Å². The van der Waals surface area contributed by atoms with Gasteiger partial charge in [0.25, 0.3) is 5.56 Å². The van der Waals surface area contributed by atoms with E-state index in [2.05, 4.69) is 0 Å². The summed E-state index contributed by atoms with van der Waals surface area (Å²) in [4.78, 5) is 37.8. The summed E-state index contributed by atoms with van der Waals surface area (Å²) in [7, 11) is 3.13. The van der Waals surface area contributed by atoms with Gasteiger partial charge in [-0.25, -0.2) is 9.59 Å².